The van der Waals surface area contributed by atoms with Crippen LogP contribution in [-0.4, -0.2) is 11.5 Å². The lowest BCUT2D eigenvalue weighted by Gasteiger charge is -2.34. The van der Waals surface area contributed by atoms with Crippen LogP contribution in [0.1, 0.15) is 39.0 Å². The molecule has 0 unspecified atom stereocenters. The maximum Gasteiger partial charge on any atom is 0.131 e. The van der Waals surface area contributed by atoms with Crippen molar-refractivity contribution in [3.8, 4) is 0 Å². The Labute approximate surface area is 102 Å². The number of aromatic nitrogens is 1. The zero-order valence-corrected chi connectivity index (χ0v) is 10.6. The summed E-state index contributed by atoms with van der Waals surface area (Å²) in [5.41, 5.74) is 1.53. The Hall–Kier alpha value is -0.760. The third kappa shape index (κ3) is 3.11. The van der Waals surface area contributed by atoms with Crippen molar-refractivity contribution in [1.82, 2.24) is 4.98 Å². The van der Waals surface area contributed by atoms with Gasteiger partial charge in [0.25, 0.3) is 0 Å². The fourth-order valence-corrected chi connectivity index (χ4v) is 2.58. The highest BCUT2D eigenvalue weighted by molar-refractivity contribution is 6.29. The molecule has 88 valence electrons. The first-order valence-corrected chi connectivity index (χ1v) is 6.41. The van der Waals surface area contributed by atoms with E-state index in [1.807, 2.05) is 12.1 Å². The summed E-state index contributed by atoms with van der Waals surface area (Å²) in [5, 5.41) is 4.03. The number of rotatable bonds is 3. The lowest BCUT2D eigenvalue weighted by Crippen LogP contribution is -2.28. The molecule has 3 heteroatoms. The molecule has 0 spiro atoms. The topological polar surface area (TPSA) is 24.9 Å². The molecule has 1 N–H and O–H groups in total. The van der Waals surface area contributed by atoms with Gasteiger partial charge in [-0.15, -0.1) is 0 Å². The van der Waals surface area contributed by atoms with Crippen LogP contribution in [0.5, 0.6) is 0 Å². The first-order chi connectivity index (χ1) is 7.68. The molecule has 1 saturated carbocycles. The van der Waals surface area contributed by atoms with E-state index in [9.17, 15) is 0 Å². The summed E-state index contributed by atoms with van der Waals surface area (Å²) in [6, 6.07) is 3.85. The van der Waals surface area contributed by atoms with Crippen molar-refractivity contribution < 1.29 is 0 Å². The number of pyridine rings is 1. The summed E-state index contributed by atoms with van der Waals surface area (Å²) in [4.78, 5) is 3.98. The van der Waals surface area contributed by atoms with Crippen LogP contribution < -0.4 is 5.32 Å². The highest BCUT2D eigenvalue weighted by atomic mass is 35.5. The molecule has 1 aromatic heterocycles. The quantitative estimate of drug-likeness (QED) is 0.802. The number of nitrogens with one attached hydrogen (secondary N) is 1. The molecule has 1 aliphatic carbocycles. The van der Waals surface area contributed by atoms with E-state index in [0.717, 1.165) is 12.2 Å². The van der Waals surface area contributed by atoms with Gasteiger partial charge in [-0.25, -0.2) is 4.98 Å². The van der Waals surface area contributed by atoms with Gasteiger partial charge < -0.3 is 5.32 Å². The lowest BCUT2D eigenvalue weighted by molar-refractivity contribution is 0.233. The highest BCUT2D eigenvalue weighted by Crippen LogP contribution is 2.35. The molecule has 0 radical (unpaired) electrons. The van der Waals surface area contributed by atoms with E-state index >= 15 is 0 Å². The summed E-state index contributed by atoms with van der Waals surface area (Å²) in [6.45, 7) is 3.41. The molecule has 16 heavy (non-hydrogen) atoms. The zero-order valence-electron chi connectivity index (χ0n) is 9.80. The molecule has 0 amide bonds. The molecule has 1 aromatic rings. The molecule has 0 aromatic carbocycles. The van der Waals surface area contributed by atoms with Crippen LogP contribution in [-0.2, 0) is 0 Å². The Kier molecular flexibility index (Phi) is 3.70. The van der Waals surface area contributed by atoms with Gasteiger partial charge in [0, 0.05) is 18.4 Å². The van der Waals surface area contributed by atoms with E-state index in [4.69, 9.17) is 11.6 Å². The third-order valence-corrected chi connectivity index (χ3v) is 3.71. The van der Waals surface area contributed by atoms with E-state index in [-0.39, 0.29) is 0 Å². The number of anilines is 1. The van der Waals surface area contributed by atoms with Gasteiger partial charge in [0.15, 0.2) is 0 Å². The summed E-state index contributed by atoms with van der Waals surface area (Å²) in [5.74, 6) is 0. The first-order valence-electron chi connectivity index (χ1n) is 6.03. The standard InChI is InChI=1S/C13H19ClN2/c1-13(6-3-2-4-7-13)10-16-11-5-8-15-12(14)9-11/h5,8-9H,2-4,6-7,10H2,1H3,(H,15,16). The zero-order chi connectivity index (χ0) is 11.4. The molecule has 0 atom stereocenters. The van der Waals surface area contributed by atoms with E-state index in [0.29, 0.717) is 10.6 Å². The van der Waals surface area contributed by atoms with Crippen LogP contribution in [0.3, 0.4) is 0 Å². The van der Waals surface area contributed by atoms with E-state index < -0.39 is 0 Å². The van der Waals surface area contributed by atoms with Gasteiger partial charge in [-0.1, -0.05) is 37.8 Å². The molecular formula is C13H19ClN2. The molecule has 0 aliphatic heterocycles. The predicted molar refractivity (Wildman–Crippen MR) is 68.9 cm³/mol. The van der Waals surface area contributed by atoms with Gasteiger partial charge in [0.1, 0.15) is 5.15 Å². The summed E-state index contributed by atoms with van der Waals surface area (Å²) in [7, 11) is 0. The van der Waals surface area contributed by atoms with Crippen molar-refractivity contribution in [3.63, 3.8) is 0 Å². The second kappa shape index (κ2) is 5.05. The molecule has 1 heterocycles. The van der Waals surface area contributed by atoms with Crippen LogP contribution in [0.15, 0.2) is 18.3 Å². The predicted octanol–water partition coefficient (Wildman–Crippen LogP) is 4.12. The third-order valence-electron chi connectivity index (χ3n) is 3.51. The molecule has 1 aliphatic rings. The van der Waals surface area contributed by atoms with Gasteiger partial charge in [-0.2, -0.15) is 0 Å². The fourth-order valence-electron chi connectivity index (χ4n) is 2.41. The van der Waals surface area contributed by atoms with Gasteiger partial charge in [-0.3, -0.25) is 0 Å². The number of hydrogen-bond donors (Lipinski definition) is 1. The largest absolute Gasteiger partial charge is 0.384 e. The molecule has 1 fully saturated rings. The average Bonchev–Trinajstić information content (AvgIpc) is 2.28. The second-order valence-electron chi connectivity index (χ2n) is 5.09. The molecule has 0 bridgehead atoms. The van der Waals surface area contributed by atoms with Crippen LogP contribution in [0, 0.1) is 5.41 Å². The van der Waals surface area contributed by atoms with E-state index in [1.54, 1.807) is 6.20 Å². The van der Waals surface area contributed by atoms with Gasteiger partial charge in [0.2, 0.25) is 0 Å². The van der Waals surface area contributed by atoms with E-state index in [2.05, 4.69) is 17.2 Å². The van der Waals surface area contributed by atoms with Crippen molar-refractivity contribution in [2.24, 2.45) is 5.41 Å². The minimum absolute atomic E-state index is 0.452. The summed E-state index contributed by atoms with van der Waals surface area (Å²) >= 11 is 5.85. The Morgan fingerprint density at radius 1 is 1.38 bits per heavy atom. The minimum Gasteiger partial charge on any atom is -0.384 e. The maximum atomic E-state index is 5.85. The summed E-state index contributed by atoms with van der Waals surface area (Å²) < 4.78 is 0. The molecule has 0 saturated heterocycles. The summed E-state index contributed by atoms with van der Waals surface area (Å²) in [6.07, 6.45) is 8.55. The van der Waals surface area contributed by atoms with Crippen LogP contribution in [0.25, 0.3) is 0 Å². The molecule has 2 rings (SSSR count). The highest BCUT2D eigenvalue weighted by Gasteiger charge is 2.26. The first kappa shape index (κ1) is 11.7. The molecule has 2 nitrogen and oxygen atoms in total. The Morgan fingerprint density at radius 3 is 2.81 bits per heavy atom. The van der Waals surface area contributed by atoms with Crippen LogP contribution >= 0.6 is 11.6 Å². The normalized spacial score (nSPS) is 19.4. The number of hydrogen-bond acceptors (Lipinski definition) is 2. The SMILES string of the molecule is CC1(CNc2ccnc(Cl)c2)CCCCC1. The second-order valence-corrected chi connectivity index (χ2v) is 5.48. The smallest absolute Gasteiger partial charge is 0.131 e. The fraction of sp³-hybridized carbons (Fsp3) is 0.615. The van der Waals surface area contributed by atoms with Crippen LogP contribution in [0.2, 0.25) is 5.15 Å². The van der Waals surface area contributed by atoms with Crippen molar-refractivity contribution in [2.75, 3.05) is 11.9 Å². The lowest BCUT2D eigenvalue weighted by atomic mass is 9.76. The average molecular weight is 239 g/mol. The van der Waals surface area contributed by atoms with Gasteiger partial charge >= 0.3 is 0 Å². The van der Waals surface area contributed by atoms with Crippen molar-refractivity contribution >= 4 is 17.3 Å². The van der Waals surface area contributed by atoms with Crippen molar-refractivity contribution in [2.45, 2.75) is 39.0 Å². The van der Waals surface area contributed by atoms with E-state index in [1.165, 1.54) is 32.1 Å². The monoisotopic (exact) mass is 238 g/mol. The number of nitrogens with zero attached hydrogens (tertiary/aromatic N) is 1. The van der Waals surface area contributed by atoms with Crippen molar-refractivity contribution in [1.29, 1.82) is 0 Å². The van der Waals surface area contributed by atoms with Crippen LogP contribution in [0.4, 0.5) is 5.69 Å². The Balaban J connectivity index is 1.91. The van der Waals surface area contributed by atoms with Crippen molar-refractivity contribution in [3.05, 3.63) is 23.5 Å². The maximum absolute atomic E-state index is 5.85. The van der Waals surface area contributed by atoms with Gasteiger partial charge in [-0.05, 0) is 30.4 Å². The Morgan fingerprint density at radius 2 is 2.12 bits per heavy atom. The molecular weight excluding hydrogens is 220 g/mol. The Bertz CT molecular complexity index is 346. The minimum atomic E-state index is 0.452. The number of halogens is 1. The van der Waals surface area contributed by atoms with Gasteiger partial charge in [0.05, 0.1) is 0 Å².